The molecule has 2 heterocycles. The summed E-state index contributed by atoms with van der Waals surface area (Å²) in [5.74, 6) is 1.53. The summed E-state index contributed by atoms with van der Waals surface area (Å²) in [5, 5.41) is 6.89. The summed E-state index contributed by atoms with van der Waals surface area (Å²) in [5.41, 5.74) is 11.3. The van der Waals surface area contributed by atoms with Crippen LogP contribution in [0.5, 0.6) is 11.5 Å². The lowest BCUT2D eigenvalue weighted by Crippen LogP contribution is -2.26. The first-order valence-corrected chi connectivity index (χ1v) is 15.7. The summed E-state index contributed by atoms with van der Waals surface area (Å²) < 4.78 is 16.1. The highest BCUT2D eigenvalue weighted by Gasteiger charge is 2.43. The summed E-state index contributed by atoms with van der Waals surface area (Å²) in [7, 11) is 7.65. The molecule has 234 valence electrons. The molecule has 0 spiro atoms. The van der Waals surface area contributed by atoms with E-state index in [2.05, 4.69) is 159 Å². The van der Waals surface area contributed by atoms with Gasteiger partial charge in [0.2, 0.25) is 11.4 Å². The molecule has 0 amide bonds. The third-order valence-corrected chi connectivity index (χ3v) is 9.58. The SMILES string of the molecule is COc1cc(-c2ccc(NC=CC3=[N+](C)c4ccccc4C3(C)C)c(OC)c2)ccc1NC=CC1=[N+](C)c2ccccc2C1(C)C. The lowest BCUT2D eigenvalue weighted by atomic mass is 9.81. The van der Waals surface area contributed by atoms with Crippen molar-refractivity contribution in [2.24, 2.45) is 0 Å². The minimum Gasteiger partial charge on any atom is -0.495 e. The number of hydrogen-bond donors (Lipinski definition) is 2. The smallest absolute Gasteiger partial charge is 0.209 e. The van der Waals surface area contributed by atoms with Crippen LogP contribution in [0.1, 0.15) is 38.8 Å². The van der Waals surface area contributed by atoms with Crippen LogP contribution in [0.25, 0.3) is 11.1 Å². The van der Waals surface area contributed by atoms with Gasteiger partial charge in [0.25, 0.3) is 0 Å². The Balaban J connectivity index is 1.18. The van der Waals surface area contributed by atoms with Crippen LogP contribution in [0.15, 0.2) is 109 Å². The highest BCUT2D eigenvalue weighted by molar-refractivity contribution is 6.04. The Hall–Kier alpha value is -5.10. The van der Waals surface area contributed by atoms with Gasteiger partial charge in [-0.25, -0.2) is 0 Å². The molecule has 0 bridgehead atoms. The van der Waals surface area contributed by atoms with Gasteiger partial charge in [-0.1, -0.05) is 48.5 Å². The molecule has 0 aromatic heterocycles. The maximum Gasteiger partial charge on any atom is 0.209 e. The lowest BCUT2D eigenvalue weighted by molar-refractivity contribution is -0.401. The van der Waals surface area contributed by atoms with Gasteiger partial charge in [-0.3, -0.25) is 0 Å². The summed E-state index contributed by atoms with van der Waals surface area (Å²) in [6, 6.07) is 29.6. The molecule has 0 saturated heterocycles. The van der Waals surface area contributed by atoms with Gasteiger partial charge in [-0.2, -0.15) is 9.15 Å². The first-order valence-electron chi connectivity index (χ1n) is 15.7. The Labute approximate surface area is 273 Å². The van der Waals surface area contributed by atoms with E-state index in [-0.39, 0.29) is 10.8 Å². The van der Waals surface area contributed by atoms with Crippen molar-refractivity contribution in [1.82, 2.24) is 0 Å². The molecule has 0 atom stereocenters. The number of nitrogens with zero attached hydrogens (tertiary/aromatic N) is 2. The highest BCUT2D eigenvalue weighted by Crippen LogP contribution is 2.41. The van der Waals surface area contributed by atoms with Crippen molar-refractivity contribution in [1.29, 1.82) is 0 Å². The van der Waals surface area contributed by atoms with Crippen molar-refractivity contribution in [2.45, 2.75) is 38.5 Å². The molecule has 4 aromatic rings. The number of fused-ring (bicyclic) bond motifs is 2. The Morgan fingerprint density at radius 3 is 1.33 bits per heavy atom. The average molecular weight is 613 g/mol. The van der Waals surface area contributed by atoms with Crippen molar-refractivity contribution in [3.63, 3.8) is 0 Å². The van der Waals surface area contributed by atoms with E-state index in [4.69, 9.17) is 9.47 Å². The molecule has 2 N–H and O–H groups in total. The number of rotatable bonds is 9. The standard InChI is InChI=1S/C40H42N4O2/c1-39(2)29-13-9-11-15-33(29)43(5)37(39)21-23-41-31-19-17-27(25-35(31)45-7)28-18-20-32(36(26-28)46-8)42-24-22-38-40(3,4)30-14-10-12-16-34(30)44(38)6/h9-26H,1-8H3/p+2. The summed E-state index contributed by atoms with van der Waals surface area (Å²) >= 11 is 0. The molecular formula is C40H44N4O2+2. The molecule has 0 saturated carbocycles. The predicted octanol–water partition coefficient (Wildman–Crippen LogP) is 8.63. The van der Waals surface area contributed by atoms with Crippen molar-refractivity contribution < 1.29 is 18.6 Å². The van der Waals surface area contributed by atoms with Gasteiger partial charge in [-0.05, 0) is 63.1 Å². The molecule has 0 fully saturated rings. The van der Waals surface area contributed by atoms with Crippen LogP contribution >= 0.6 is 0 Å². The maximum atomic E-state index is 5.80. The second-order valence-electron chi connectivity index (χ2n) is 13.0. The fourth-order valence-corrected chi connectivity index (χ4v) is 7.00. The van der Waals surface area contributed by atoms with E-state index in [0.717, 1.165) is 34.0 Å². The first-order chi connectivity index (χ1) is 22.1. The van der Waals surface area contributed by atoms with Crippen molar-refractivity contribution in [3.8, 4) is 22.6 Å². The minimum absolute atomic E-state index is 0.0819. The van der Waals surface area contributed by atoms with Crippen molar-refractivity contribution in [3.05, 3.63) is 121 Å². The van der Waals surface area contributed by atoms with Gasteiger partial charge >= 0.3 is 0 Å². The average Bonchev–Trinajstić information content (AvgIpc) is 3.38. The monoisotopic (exact) mass is 612 g/mol. The summed E-state index contributed by atoms with van der Waals surface area (Å²) in [6.45, 7) is 9.07. The summed E-state index contributed by atoms with van der Waals surface area (Å²) in [6.07, 6.45) is 8.30. The molecule has 0 unspecified atom stereocenters. The van der Waals surface area contributed by atoms with Gasteiger partial charge in [-0.15, -0.1) is 0 Å². The molecule has 2 aliphatic heterocycles. The zero-order valence-electron chi connectivity index (χ0n) is 28.1. The van der Waals surface area contributed by atoms with Crippen molar-refractivity contribution >= 4 is 34.2 Å². The highest BCUT2D eigenvalue weighted by atomic mass is 16.5. The first kappa shape index (κ1) is 30.9. The van der Waals surface area contributed by atoms with E-state index < -0.39 is 0 Å². The number of nitrogens with one attached hydrogen (secondary N) is 2. The van der Waals surface area contributed by atoms with E-state index >= 15 is 0 Å². The van der Waals surface area contributed by atoms with Crippen LogP contribution in [0.2, 0.25) is 0 Å². The van der Waals surface area contributed by atoms with Gasteiger partial charge in [0.15, 0.2) is 11.4 Å². The zero-order chi connectivity index (χ0) is 32.6. The number of benzene rings is 4. The van der Waals surface area contributed by atoms with Crippen LogP contribution in [-0.2, 0) is 10.8 Å². The van der Waals surface area contributed by atoms with E-state index in [1.54, 1.807) is 14.2 Å². The molecule has 46 heavy (non-hydrogen) atoms. The number of methoxy groups -OCH3 is 2. The van der Waals surface area contributed by atoms with Crippen LogP contribution in [-0.4, -0.2) is 48.9 Å². The van der Waals surface area contributed by atoms with Gasteiger partial charge in [0.1, 0.15) is 25.6 Å². The van der Waals surface area contributed by atoms with E-state index in [0.29, 0.717) is 0 Å². The Morgan fingerprint density at radius 1 is 0.565 bits per heavy atom. The maximum absolute atomic E-state index is 5.80. The third-order valence-electron chi connectivity index (χ3n) is 9.58. The largest absolute Gasteiger partial charge is 0.495 e. The number of hydrogen-bond acceptors (Lipinski definition) is 4. The van der Waals surface area contributed by atoms with E-state index in [1.165, 1.54) is 33.9 Å². The van der Waals surface area contributed by atoms with Gasteiger partial charge < -0.3 is 20.1 Å². The summed E-state index contributed by atoms with van der Waals surface area (Å²) in [4.78, 5) is 0. The van der Waals surface area contributed by atoms with Crippen LogP contribution in [0.4, 0.5) is 22.7 Å². The molecule has 2 aliphatic rings. The third kappa shape index (κ3) is 5.28. The van der Waals surface area contributed by atoms with Crippen molar-refractivity contribution in [2.75, 3.05) is 38.9 Å². The van der Waals surface area contributed by atoms with Gasteiger partial charge in [0, 0.05) is 47.8 Å². The molecule has 6 nitrogen and oxygen atoms in total. The van der Waals surface area contributed by atoms with E-state index in [9.17, 15) is 0 Å². The fourth-order valence-electron chi connectivity index (χ4n) is 7.00. The molecule has 0 aliphatic carbocycles. The number of anilines is 2. The number of para-hydroxylation sites is 2. The Bertz CT molecular complexity index is 1800. The molecular weight excluding hydrogens is 568 g/mol. The number of ether oxygens (including phenoxy) is 2. The molecule has 6 rings (SSSR count). The van der Waals surface area contributed by atoms with E-state index in [1.807, 2.05) is 12.4 Å². The fraction of sp³-hybridized carbons (Fsp3) is 0.250. The minimum atomic E-state index is -0.0819. The quantitative estimate of drug-likeness (QED) is 0.186. The second-order valence-corrected chi connectivity index (χ2v) is 13.0. The Kier molecular flexibility index (Phi) is 8.07. The van der Waals surface area contributed by atoms with Crippen LogP contribution in [0.3, 0.4) is 0 Å². The molecule has 0 radical (unpaired) electrons. The van der Waals surface area contributed by atoms with Crippen LogP contribution in [0, 0.1) is 0 Å². The normalized spacial score (nSPS) is 16.3. The number of allylic oxidation sites excluding steroid dienone is 2. The Morgan fingerprint density at radius 2 is 0.957 bits per heavy atom. The van der Waals surface area contributed by atoms with Gasteiger partial charge in [0.05, 0.1) is 36.4 Å². The second kappa shape index (κ2) is 12.0. The van der Waals surface area contributed by atoms with Crippen LogP contribution < -0.4 is 20.1 Å². The molecule has 6 heteroatoms. The lowest BCUT2D eigenvalue weighted by Gasteiger charge is -2.16. The predicted molar refractivity (Wildman–Crippen MR) is 191 cm³/mol. The zero-order valence-corrected chi connectivity index (χ0v) is 28.1. The molecule has 4 aromatic carbocycles. The topological polar surface area (TPSA) is 48.5 Å².